The zero-order valence-corrected chi connectivity index (χ0v) is 15.4. The molecule has 0 radical (unpaired) electrons. The Kier molecular flexibility index (Phi) is 6.41. The molecule has 2 aromatic rings. The minimum absolute atomic E-state index is 0.386. The molecule has 4 heteroatoms. The minimum Gasteiger partial charge on any atom is -0.366 e. The van der Waals surface area contributed by atoms with Gasteiger partial charge in [0, 0.05) is 23.5 Å². The topological polar surface area (TPSA) is 71.8 Å². The first-order chi connectivity index (χ1) is 12.0. The molecule has 1 aromatic heterocycles. The van der Waals surface area contributed by atoms with Crippen molar-refractivity contribution in [2.45, 2.75) is 59.4 Å². The fourth-order valence-electron chi connectivity index (χ4n) is 3.45. The van der Waals surface area contributed by atoms with Crippen LogP contribution in [-0.2, 0) is 13.0 Å². The Morgan fingerprint density at radius 1 is 1.16 bits per heavy atom. The molecule has 0 atom stereocenters. The number of nitrogens with two attached hydrogens (primary N) is 1. The lowest BCUT2D eigenvalue weighted by Crippen LogP contribution is -2.13. The molecular formula is C21H27N3O. The summed E-state index contributed by atoms with van der Waals surface area (Å²) >= 11 is 0. The van der Waals surface area contributed by atoms with Crippen molar-refractivity contribution in [1.82, 2.24) is 4.57 Å². The highest BCUT2D eigenvalue weighted by atomic mass is 16.1. The van der Waals surface area contributed by atoms with Crippen LogP contribution in [0.3, 0.4) is 0 Å². The fourth-order valence-corrected chi connectivity index (χ4v) is 3.45. The van der Waals surface area contributed by atoms with Gasteiger partial charge in [-0.2, -0.15) is 5.26 Å². The number of nitriles is 1. The summed E-state index contributed by atoms with van der Waals surface area (Å²) in [6.07, 6.45) is 5.33. The molecule has 1 heterocycles. The molecule has 0 saturated heterocycles. The molecule has 0 unspecified atom stereocenters. The van der Waals surface area contributed by atoms with E-state index >= 15 is 0 Å². The van der Waals surface area contributed by atoms with Crippen molar-refractivity contribution >= 4 is 5.91 Å². The summed E-state index contributed by atoms with van der Waals surface area (Å²) in [6, 6.07) is 9.56. The number of benzene rings is 1. The Bertz CT molecular complexity index is 779. The van der Waals surface area contributed by atoms with E-state index in [0.717, 1.165) is 55.5 Å². The third-order valence-corrected chi connectivity index (χ3v) is 4.64. The van der Waals surface area contributed by atoms with Gasteiger partial charge in [-0.15, -0.1) is 0 Å². The molecule has 0 fully saturated rings. The largest absolute Gasteiger partial charge is 0.366 e. The second kappa shape index (κ2) is 8.53. The van der Waals surface area contributed by atoms with E-state index in [1.807, 2.05) is 19.1 Å². The van der Waals surface area contributed by atoms with Gasteiger partial charge in [-0.1, -0.05) is 38.8 Å². The first-order valence-corrected chi connectivity index (χ1v) is 9.07. The van der Waals surface area contributed by atoms with Crippen molar-refractivity contribution in [3.8, 4) is 17.2 Å². The predicted octanol–water partition coefficient (Wildman–Crippen LogP) is 4.58. The quantitative estimate of drug-likeness (QED) is 0.716. The van der Waals surface area contributed by atoms with Gasteiger partial charge in [-0.05, 0) is 43.9 Å². The van der Waals surface area contributed by atoms with Crippen LogP contribution in [0, 0.1) is 18.3 Å². The van der Waals surface area contributed by atoms with Crippen LogP contribution in [0.2, 0.25) is 0 Å². The summed E-state index contributed by atoms with van der Waals surface area (Å²) < 4.78 is 2.25. The van der Waals surface area contributed by atoms with E-state index in [1.165, 1.54) is 5.69 Å². The number of unbranched alkanes of at least 4 members (excludes halogenated alkanes) is 2. The van der Waals surface area contributed by atoms with E-state index in [-0.39, 0.29) is 5.91 Å². The SMILES string of the molecule is CCCCCc1c(-c2ccc(C#N)cc2)c(C(N)=O)c(C)n1CCC. The average Bonchev–Trinajstić information content (AvgIpc) is 2.88. The first-order valence-electron chi connectivity index (χ1n) is 9.07. The van der Waals surface area contributed by atoms with Gasteiger partial charge in [0.05, 0.1) is 17.2 Å². The number of rotatable bonds is 8. The molecule has 1 aromatic carbocycles. The lowest BCUT2D eigenvalue weighted by atomic mass is 9.96. The highest BCUT2D eigenvalue weighted by molar-refractivity contribution is 6.02. The molecule has 0 bridgehead atoms. The molecule has 1 amide bonds. The van der Waals surface area contributed by atoms with E-state index in [4.69, 9.17) is 11.0 Å². The fraction of sp³-hybridized carbons (Fsp3) is 0.429. The van der Waals surface area contributed by atoms with E-state index in [9.17, 15) is 4.79 Å². The summed E-state index contributed by atoms with van der Waals surface area (Å²) in [5.41, 5.74) is 11.0. The van der Waals surface area contributed by atoms with Gasteiger partial charge in [-0.25, -0.2) is 0 Å². The molecule has 0 aliphatic carbocycles. The van der Waals surface area contributed by atoms with Crippen molar-refractivity contribution in [2.75, 3.05) is 0 Å². The van der Waals surface area contributed by atoms with Crippen LogP contribution in [0.25, 0.3) is 11.1 Å². The third-order valence-electron chi connectivity index (χ3n) is 4.64. The van der Waals surface area contributed by atoms with Gasteiger partial charge < -0.3 is 10.3 Å². The number of amides is 1. The molecule has 0 aliphatic rings. The second-order valence-corrected chi connectivity index (χ2v) is 6.44. The molecule has 2 rings (SSSR count). The molecule has 4 nitrogen and oxygen atoms in total. The monoisotopic (exact) mass is 337 g/mol. The molecule has 2 N–H and O–H groups in total. The maximum atomic E-state index is 12.2. The average molecular weight is 337 g/mol. The van der Waals surface area contributed by atoms with Crippen molar-refractivity contribution < 1.29 is 4.79 Å². The van der Waals surface area contributed by atoms with Crippen LogP contribution in [0.5, 0.6) is 0 Å². The highest BCUT2D eigenvalue weighted by Crippen LogP contribution is 2.34. The number of hydrogen-bond acceptors (Lipinski definition) is 2. The Balaban J connectivity index is 2.65. The third kappa shape index (κ3) is 3.93. The standard InChI is InChI=1S/C21H27N3O/c1-4-6-7-8-18-20(17-11-9-16(14-22)10-12-17)19(21(23)25)15(3)24(18)13-5-2/h9-12H,4-8,13H2,1-3H3,(H2,23,25). The summed E-state index contributed by atoms with van der Waals surface area (Å²) in [4.78, 5) is 12.2. The van der Waals surface area contributed by atoms with Gasteiger partial charge >= 0.3 is 0 Å². The van der Waals surface area contributed by atoms with E-state index in [0.29, 0.717) is 11.1 Å². The van der Waals surface area contributed by atoms with E-state index in [1.54, 1.807) is 12.1 Å². The Morgan fingerprint density at radius 3 is 2.36 bits per heavy atom. The number of hydrogen-bond donors (Lipinski definition) is 1. The maximum Gasteiger partial charge on any atom is 0.251 e. The van der Waals surface area contributed by atoms with Gasteiger partial charge in [0.1, 0.15) is 0 Å². The van der Waals surface area contributed by atoms with Crippen LogP contribution in [0.1, 0.15) is 66.8 Å². The molecule has 132 valence electrons. The lowest BCUT2D eigenvalue weighted by molar-refractivity contribution is 0.1000. The second-order valence-electron chi connectivity index (χ2n) is 6.44. The van der Waals surface area contributed by atoms with E-state index < -0.39 is 0 Å². The number of carbonyl (C=O) groups excluding carboxylic acids is 1. The maximum absolute atomic E-state index is 12.2. The molecule has 0 spiro atoms. The zero-order valence-electron chi connectivity index (χ0n) is 15.4. The Morgan fingerprint density at radius 2 is 1.84 bits per heavy atom. The van der Waals surface area contributed by atoms with Crippen LogP contribution < -0.4 is 5.73 Å². The van der Waals surface area contributed by atoms with Gasteiger partial charge in [0.25, 0.3) is 5.91 Å². The molecule has 0 aliphatic heterocycles. The summed E-state index contributed by atoms with van der Waals surface area (Å²) in [5, 5.41) is 9.03. The van der Waals surface area contributed by atoms with Crippen LogP contribution in [0.4, 0.5) is 0 Å². The number of carbonyl (C=O) groups is 1. The highest BCUT2D eigenvalue weighted by Gasteiger charge is 2.24. The molecule has 0 saturated carbocycles. The normalized spacial score (nSPS) is 10.6. The van der Waals surface area contributed by atoms with Crippen LogP contribution >= 0.6 is 0 Å². The number of aromatic nitrogens is 1. The Labute approximate surface area is 150 Å². The van der Waals surface area contributed by atoms with Crippen molar-refractivity contribution in [1.29, 1.82) is 5.26 Å². The first kappa shape index (κ1) is 18.8. The number of nitrogens with zero attached hydrogens (tertiary/aromatic N) is 2. The minimum atomic E-state index is -0.386. The van der Waals surface area contributed by atoms with Crippen LogP contribution in [0.15, 0.2) is 24.3 Å². The predicted molar refractivity (Wildman–Crippen MR) is 101 cm³/mol. The number of primary amides is 1. The smallest absolute Gasteiger partial charge is 0.251 e. The van der Waals surface area contributed by atoms with Gasteiger partial charge in [0.15, 0.2) is 0 Å². The van der Waals surface area contributed by atoms with Crippen molar-refractivity contribution in [2.24, 2.45) is 5.73 Å². The van der Waals surface area contributed by atoms with Gasteiger partial charge in [0.2, 0.25) is 0 Å². The van der Waals surface area contributed by atoms with Gasteiger partial charge in [-0.3, -0.25) is 4.79 Å². The van der Waals surface area contributed by atoms with Crippen LogP contribution in [-0.4, -0.2) is 10.5 Å². The van der Waals surface area contributed by atoms with Crippen molar-refractivity contribution in [3.63, 3.8) is 0 Å². The lowest BCUT2D eigenvalue weighted by Gasteiger charge is -2.12. The molecular weight excluding hydrogens is 310 g/mol. The summed E-state index contributed by atoms with van der Waals surface area (Å²) in [7, 11) is 0. The summed E-state index contributed by atoms with van der Waals surface area (Å²) in [5.74, 6) is -0.386. The van der Waals surface area contributed by atoms with E-state index in [2.05, 4.69) is 24.5 Å². The summed E-state index contributed by atoms with van der Waals surface area (Å²) in [6.45, 7) is 7.18. The Hall–Kier alpha value is -2.54. The zero-order chi connectivity index (χ0) is 18.4. The van der Waals surface area contributed by atoms with Crippen molar-refractivity contribution in [3.05, 3.63) is 46.8 Å². The molecule has 25 heavy (non-hydrogen) atoms.